The lowest BCUT2D eigenvalue weighted by Crippen LogP contribution is -2.41. The molecule has 104 valence electrons. The Morgan fingerprint density at radius 1 is 1.37 bits per heavy atom. The molecule has 1 fully saturated rings. The predicted octanol–water partition coefficient (Wildman–Crippen LogP) is 2.14. The smallest absolute Gasteiger partial charge is 0.322 e. The first kappa shape index (κ1) is 14.9. The Balaban J connectivity index is 2.42. The van der Waals surface area contributed by atoms with Crippen LogP contribution < -0.4 is 0 Å². The fraction of sp³-hybridized carbons (Fsp3) is 0.300. The normalized spacial score (nSPS) is 20.6. The molecule has 0 unspecified atom stereocenters. The van der Waals surface area contributed by atoms with Crippen molar-refractivity contribution in [1.29, 1.82) is 0 Å². The van der Waals surface area contributed by atoms with Crippen molar-refractivity contribution in [2.75, 3.05) is 11.6 Å². The highest BCUT2D eigenvalue weighted by Crippen LogP contribution is 2.31. The second-order valence-corrected chi connectivity index (χ2v) is 7.53. The van der Waals surface area contributed by atoms with Gasteiger partial charge in [0.2, 0.25) is 10.0 Å². The van der Waals surface area contributed by atoms with Gasteiger partial charge in [-0.3, -0.25) is 4.79 Å². The van der Waals surface area contributed by atoms with E-state index in [4.69, 9.17) is 28.3 Å². The van der Waals surface area contributed by atoms with Crippen molar-refractivity contribution in [3.8, 4) is 0 Å². The van der Waals surface area contributed by atoms with Crippen LogP contribution in [0.15, 0.2) is 23.1 Å². The SMILES string of the molecule is O=C(O)[C@@H]1CSCN1S(=O)(=O)c1ccc(Cl)c(Cl)c1. The quantitative estimate of drug-likeness (QED) is 0.911. The third-order valence-corrected chi connectivity index (χ3v) is 6.39. The van der Waals surface area contributed by atoms with Crippen LogP contribution in [0.4, 0.5) is 0 Å². The van der Waals surface area contributed by atoms with Crippen molar-refractivity contribution in [2.45, 2.75) is 10.9 Å². The minimum absolute atomic E-state index is 0.0596. The molecule has 5 nitrogen and oxygen atoms in total. The summed E-state index contributed by atoms with van der Waals surface area (Å²) in [5.41, 5.74) is 0. The third kappa shape index (κ3) is 2.85. The van der Waals surface area contributed by atoms with Crippen molar-refractivity contribution in [3.05, 3.63) is 28.2 Å². The number of nitrogens with zero attached hydrogens (tertiary/aromatic N) is 1. The third-order valence-electron chi connectivity index (χ3n) is 2.62. The maximum absolute atomic E-state index is 12.4. The Bertz CT molecular complexity index is 620. The van der Waals surface area contributed by atoms with Crippen LogP contribution in [0.5, 0.6) is 0 Å². The molecule has 0 radical (unpaired) electrons. The Hall–Kier alpha value is -0.470. The summed E-state index contributed by atoms with van der Waals surface area (Å²) in [7, 11) is -3.88. The zero-order chi connectivity index (χ0) is 14.2. The van der Waals surface area contributed by atoms with E-state index >= 15 is 0 Å². The number of carbonyl (C=O) groups is 1. The van der Waals surface area contributed by atoms with Crippen LogP contribution in [0.2, 0.25) is 10.0 Å². The maximum Gasteiger partial charge on any atom is 0.322 e. The standard InChI is InChI=1S/C10H9Cl2NO4S2/c11-7-2-1-6(3-8(7)12)19(16,17)13-5-18-4-9(13)10(14)15/h1-3,9H,4-5H2,(H,14,15)/t9-/m0/s1. The molecular weight excluding hydrogens is 333 g/mol. The average Bonchev–Trinajstić information content (AvgIpc) is 2.82. The number of halogens is 2. The van der Waals surface area contributed by atoms with Crippen LogP contribution in [0.3, 0.4) is 0 Å². The van der Waals surface area contributed by atoms with Crippen LogP contribution in [-0.2, 0) is 14.8 Å². The van der Waals surface area contributed by atoms with Crippen LogP contribution in [0.25, 0.3) is 0 Å². The molecule has 1 saturated heterocycles. The van der Waals surface area contributed by atoms with Crippen molar-refractivity contribution in [1.82, 2.24) is 4.31 Å². The first-order valence-electron chi connectivity index (χ1n) is 5.11. The van der Waals surface area contributed by atoms with E-state index < -0.39 is 22.0 Å². The number of thioether (sulfide) groups is 1. The predicted molar refractivity (Wildman–Crippen MR) is 74.2 cm³/mol. The fourth-order valence-corrected chi connectivity index (χ4v) is 5.16. The molecule has 9 heteroatoms. The molecule has 19 heavy (non-hydrogen) atoms. The van der Waals surface area contributed by atoms with Crippen LogP contribution >= 0.6 is 35.0 Å². The van der Waals surface area contributed by atoms with Gasteiger partial charge < -0.3 is 5.11 Å². The van der Waals surface area contributed by atoms with E-state index in [1.165, 1.54) is 30.0 Å². The zero-order valence-electron chi connectivity index (χ0n) is 9.42. The highest BCUT2D eigenvalue weighted by atomic mass is 35.5. The van der Waals surface area contributed by atoms with Gasteiger partial charge in [0.05, 0.1) is 20.8 Å². The molecule has 2 rings (SSSR count). The molecule has 0 bridgehead atoms. The topological polar surface area (TPSA) is 74.7 Å². The van der Waals surface area contributed by atoms with E-state index in [0.29, 0.717) is 0 Å². The van der Waals surface area contributed by atoms with E-state index in [1.54, 1.807) is 0 Å². The highest BCUT2D eigenvalue weighted by molar-refractivity contribution is 8.00. The van der Waals surface area contributed by atoms with E-state index in [-0.39, 0.29) is 26.6 Å². The van der Waals surface area contributed by atoms with E-state index in [1.807, 2.05) is 0 Å². The maximum atomic E-state index is 12.4. The van der Waals surface area contributed by atoms with Gasteiger partial charge in [0, 0.05) is 5.75 Å². The van der Waals surface area contributed by atoms with Crippen molar-refractivity contribution in [2.24, 2.45) is 0 Å². The number of aliphatic carboxylic acids is 1. The summed E-state index contributed by atoms with van der Waals surface area (Å²) in [6.07, 6.45) is 0. The van der Waals surface area contributed by atoms with Crippen LogP contribution in [-0.4, -0.2) is 41.5 Å². The number of hydrogen-bond acceptors (Lipinski definition) is 4. The van der Waals surface area contributed by atoms with Gasteiger partial charge in [-0.2, -0.15) is 4.31 Å². The molecule has 0 spiro atoms. The van der Waals surface area contributed by atoms with Gasteiger partial charge >= 0.3 is 5.97 Å². The van der Waals surface area contributed by atoms with Gasteiger partial charge in [0.15, 0.2) is 0 Å². The summed E-state index contributed by atoms with van der Waals surface area (Å²) in [5.74, 6) is -0.816. The minimum Gasteiger partial charge on any atom is -0.480 e. The van der Waals surface area contributed by atoms with Gasteiger partial charge in [-0.15, -0.1) is 11.8 Å². The molecule has 1 N–H and O–H groups in total. The molecule has 0 aliphatic carbocycles. The summed E-state index contributed by atoms with van der Waals surface area (Å²) in [4.78, 5) is 11.0. The summed E-state index contributed by atoms with van der Waals surface area (Å²) >= 11 is 12.8. The lowest BCUT2D eigenvalue weighted by Gasteiger charge is -2.20. The largest absolute Gasteiger partial charge is 0.480 e. The van der Waals surface area contributed by atoms with Gasteiger partial charge in [0.1, 0.15) is 6.04 Å². The number of sulfonamides is 1. The molecule has 1 aliphatic heterocycles. The first-order chi connectivity index (χ1) is 8.84. The number of benzene rings is 1. The van der Waals surface area contributed by atoms with Gasteiger partial charge in [-0.25, -0.2) is 8.42 Å². The zero-order valence-corrected chi connectivity index (χ0v) is 12.6. The second-order valence-electron chi connectivity index (χ2n) is 3.82. The van der Waals surface area contributed by atoms with Crippen molar-refractivity contribution in [3.63, 3.8) is 0 Å². The van der Waals surface area contributed by atoms with Crippen LogP contribution in [0.1, 0.15) is 0 Å². The summed E-state index contributed by atoms with van der Waals surface area (Å²) in [6, 6.07) is 2.85. The Morgan fingerprint density at radius 3 is 2.63 bits per heavy atom. The Morgan fingerprint density at radius 2 is 2.05 bits per heavy atom. The molecule has 0 aromatic heterocycles. The number of rotatable bonds is 3. The molecule has 1 aliphatic rings. The number of carboxylic acids is 1. The number of carboxylic acid groups (broad SMARTS) is 1. The molecule has 0 amide bonds. The van der Waals surface area contributed by atoms with Crippen molar-refractivity contribution < 1.29 is 18.3 Å². The van der Waals surface area contributed by atoms with Gasteiger partial charge in [-0.1, -0.05) is 23.2 Å². The lowest BCUT2D eigenvalue weighted by molar-refractivity contribution is -0.140. The summed E-state index contributed by atoms with van der Waals surface area (Å²) in [6.45, 7) is 0. The highest BCUT2D eigenvalue weighted by Gasteiger charge is 2.40. The molecule has 1 atom stereocenters. The fourth-order valence-electron chi connectivity index (χ4n) is 1.63. The van der Waals surface area contributed by atoms with Crippen LogP contribution in [0, 0.1) is 0 Å². The van der Waals surface area contributed by atoms with Crippen molar-refractivity contribution >= 4 is 51.0 Å². The molecule has 0 saturated carbocycles. The Kier molecular flexibility index (Phi) is 4.32. The summed E-state index contributed by atoms with van der Waals surface area (Å²) < 4.78 is 25.7. The Labute approximate surface area is 124 Å². The van der Waals surface area contributed by atoms with E-state index in [2.05, 4.69) is 0 Å². The molecule has 1 aromatic carbocycles. The second kappa shape index (κ2) is 5.49. The minimum atomic E-state index is -3.88. The number of hydrogen-bond donors (Lipinski definition) is 1. The summed E-state index contributed by atoms with van der Waals surface area (Å²) in [5, 5.41) is 9.38. The molecular formula is C10H9Cl2NO4S2. The molecule has 1 aromatic rings. The lowest BCUT2D eigenvalue weighted by atomic mass is 10.3. The monoisotopic (exact) mass is 341 g/mol. The van der Waals surface area contributed by atoms with E-state index in [9.17, 15) is 13.2 Å². The first-order valence-corrected chi connectivity index (χ1v) is 8.46. The van der Waals surface area contributed by atoms with E-state index in [0.717, 1.165) is 4.31 Å². The van der Waals surface area contributed by atoms with Gasteiger partial charge in [-0.05, 0) is 18.2 Å². The average molecular weight is 342 g/mol. The van der Waals surface area contributed by atoms with Gasteiger partial charge in [0.25, 0.3) is 0 Å². The molecule has 1 heterocycles.